The predicted octanol–water partition coefficient (Wildman–Crippen LogP) is 4.14. The summed E-state index contributed by atoms with van der Waals surface area (Å²) < 4.78 is 0. The number of fused-ring (bicyclic) bond motifs is 1. The number of rotatable bonds is 3. The Morgan fingerprint density at radius 1 is 1.05 bits per heavy atom. The van der Waals surface area contributed by atoms with E-state index in [0.29, 0.717) is 5.56 Å². The molecule has 0 spiro atoms. The van der Waals surface area contributed by atoms with E-state index >= 15 is 0 Å². The Labute approximate surface area is 127 Å². The minimum atomic E-state index is -0.897. The van der Waals surface area contributed by atoms with Gasteiger partial charge in [0.05, 0.1) is 4.92 Å². The summed E-state index contributed by atoms with van der Waals surface area (Å²) in [7, 11) is 0. The second-order valence-corrected chi connectivity index (χ2v) is 5.27. The molecule has 0 aromatic heterocycles. The fourth-order valence-corrected chi connectivity index (χ4v) is 2.74. The van der Waals surface area contributed by atoms with Gasteiger partial charge in [-0.05, 0) is 34.4 Å². The van der Waals surface area contributed by atoms with E-state index in [1.165, 1.54) is 12.1 Å². The van der Waals surface area contributed by atoms with Crippen LogP contribution in [0.2, 0.25) is 0 Å². The third kappa shape index (κ3) is 2.44. The van der Waals surface area contributed by atoms with Crippen molar-refractivity contribution < 1.29 is 10.0 Å². The highest BCUT2D eigenvalue weighted by atomic mass is 16.6. The highest BCUT2D eigenvalue weighted by Crippen LogP contribution is 2.32. The molecule has 0 fully saturated rings. The van der Waals surface area contributed by atoms with Gasteiger partial charge in [-0.15, -0.1) is 0 Å². The van der Waals surface area contributed by atoms with Crippen molar-refractivity contribution in [2.75, 3.05) is 0 Å². The second-order valence-electron chi connectivity index (χ2n) is 5.27. The van der Waals surface area contributed by atoms with Crippen LogP contribution in [0.25, 0.3) is 10.8 Å². The topological polar surface area (TPSA) is 63.4 Å². The first-order chi connectivity index (χ1) is 10.6. The molecule has 1 N–H and O–H groups in total. The van der Waals surface area contributed by atoms with Crippen molar-refractivity contribution in [3.63, 3.8) is 0 Å². The third-order valence-electron chi connectivity index (χ3n) is 3.86. The zero-order valence-electron chi connectivity index (χ0n) is 12.1. The lowest BCUT2D eigenvalue weighted by Crippen LogP contribution is -2.04. The van der Waals surface area contributed by atoms with Gasteiger partial charge in [-0.3, -0.25) is 10.1 Å². The normalized spacial score (nSPS) is 12.3. The lowest BCUT2D eigenvalue weighted by molar-refractivity contribution is -0.385. The molecule has 0 aliphatic carbocycles. The van der Waals surface area contributed by atoms with Crippen LogP contribution < -0.4 is 0 Å². The average molecular weight is 293 g/mol. The summed E-state index contributed by atoms with van der Waals surface area (Å²) in [5.74, 6) is 0. The van der Waals surface area contributed by atoms with Crippen LogP contribution in [0, 0.1) is 17.0 Å². The third-order valence-corrected chi connectivity index (χ3v) is 3.86. The fraction of sp³-hybridized carbons (Fsp3) is 0.111. The Morgan fingerprint density at radius 2 is 1.82 bits per heavy atom. The molecule has 4 nitrogen and oxygen atoms in total. The summed E-state index contributed by atoms with van der Waals surface area (Å²) in [5, 5.41) is 23.7. The molecule has 0 radical (unpaired) electrons. The molecule has 0 saturated carbocycles. The van der Waals surface area contributed by atoms with E-state index < -0.39 is 11.0 Å². The van der Waals surface area contributed by atoms with Crippen molar-refractivity contribution in [2.24, 2.45) is 0 Å². The van der Waals surface area contributed by atoms with Crippen molar-refractivity contribution in [3.8, 4) is 0 Å². The van der Waals surface area contributed by atoms with Crippen LogP contribution in [0.3, 0.4) is 0 Å². The smallest absolute Gasteiger partial charge is 0.269 e. The second kappa shape index (κ2) is 5.58. The molecule has 0 saturated heterocycles. The predicted molar refractivity (Wildman–Crippen MR) is 85.8 cm³/mol. The van der Waals surface area contributed by atoms with Gasteiger partial charge in [0.25, 0.3) is 5.69 Å². The minimum absolute atomic E-state index is 0.0190. The summed E-state index contributed by atoms with van der Waals surface area (Å²) in [6.07, 6.45) is -0.897. The molecule has 110 valence electrons. The standard InChI is InChI=1S/C18H15NO3/c1-12-9-10-13-5-2-3-8-16(13)17(12)18(20)14-6-4-7-15(11-14)19(21)22/h2-11,18,20H,1H3/t18-/m0/s1. The van der Waals surface area contributed by atoms with Gasteiger partial charge in [0.15, 0.2) is 0 Å². The van der Waals surface area contributed by atoms with Gasteiger partial charge < -0.3 is 5.11 Å². The van der Waals surface area contributed by atoms with Crippen molar-refractivity contribution in [2.45, 2.75) is 13.0 Å². The Hall–Kier alpha value is -2.72. The number of non-ortho nitro benzene ring substituents is 1. The van der Waals surface area contributed by atoms with Crippen LogP contribution in [0.1, 0.15) is 22.8 Å². The van der Waals surface area contributed by atoms with Gasteiger partial charge in [-0.1, -0.05) is 48.5 Å². The van der Waals surface area contributed by atoms with Crippen LogP contribution in [0.5, 0.6) is 0 Å². The Balaban J connectivity index is 2.17. The zero-order chi connectivity index (χ0) is 15.7. The summed E-state index contributed by atoms with van der Waals surface area (Å²) in [6, 6.07) is 17.9. The van der Waals surface area contributed by atoms with Crippen LogP contribution in [0.15, 0.2) is 60.7 Å². The molecular formula is C18H15NO3. The van der Waals surface area contributed by atoms with E-state index in [1.807, 2.05) is 43.3 Å². The van der Waals surface area contributed by atoms with E-state index in [-0.39, 0.29) is 5.69 Å². The van der Waals surface area contributed by atoms with E-state index in [0.717, 1.165) is 21.9 Å². The van der Waals surface area contributed by atoms with Gasteiger partial charge >= 0.3 is 0 Å². The maximum atomic E-state index is 10.9. The molecule has 22 heavy (non-hydrogen) atoms. The Bertz CT molecular complexity index is 858. The van der Waals surface area contributed by atoms with Gasteiger partial charge in [0.2, 0.25) is 0 Å². The SMILES string of the molecule is Cc1ccc2ccccc2c1[C@@H](O)c1cccc([N+](=O)[O-])c1. The number of benzene rings is 3. The van der Waals surface area contributed by atoms with Crippen molar-refractivity contribution in [1.29, 1.82) is 0 Å². The minimum Gasteiger partial charge on any atom is -0.384 e. The van der Waals surface area contributed by atoms with Crippen molar-refractivity contribution in [3.05, 3.63) is 87.5 Å². The maximum Gasteiger partial charge on any atom is 0.269 e. The Kier molecular flexibility index (Phi) is 3.61. The van der Waals surface area contributed by atoms with E-state index in [2.05, 4.69) is 0 Å². The van der Waals surface area contributed by atoms with Crippen molar-refractivity contribution in [1.82, 2.24) is 0 Å². The molecule has 0 aliphatic rings. The first-order valence-electron chi connectivity index (χ1n) is 6.98. The molecule has 4 heteroatoms. The summed E-state index contributed by atoms with van der Waals surface area (Å²) in [4.78, 5) is 10.5. The quantitative estimate of drug-likeness (QED) is 0.583. The molecule has 0 amide bonds. The summed E-state index contributed by atoms with van der Waals surface area (Å²) in [6.45, 7) is 1.93. The number of hydrogen-bond acceptors (Lipinski definition) is 3. The lowest BCUT2D eigenvalue weighted by atomic mass is 9.92. The maximum absolute atomic E-state index is 10.9. The number of nitrogens with zero attached hydrogens (tertiary/aromatic N) is 1. The van der Waals surface area contributed by atoms with E-state index in [1.54, 1.807) is 12.1 Å². The highest BCUT2D eigenvalue weighted by molar-refractivity contribution is 5.87. The van der Waals surface area contributed by atoms with Crippen LogP contribution in [0.4, 0.5) is 5.69 Å². The largest absolute Gasteiger partial charge is 0.384 e. The number of aliphatic hydroxyl groups excluding tert-OH is 1. The highest BCUT2D eigenvalue weighted by Gasteiger charge is 2.18. The Morgan fingerprint density at radius 3 is 2.59 bits per heavy atom. The first-order valence-corrected chi connectivity index (χ1v) is 6.98. The zero-order valence-corrected chi connectivity index (χ0v) is 12.1. The molecule has 0 bridgehead atoms. The number of nitro groups is 1. The van der Waals surface area contributed by atoms with Gasteiger partial charge in [0.1, 0.15) is 6.10 Å². The lowest BCUT2D eigenvalue weighted by Gasteiger charge is -2.17. The van der Waals surface area contributed by atoms with Crippen molar-refractivity contribution >= 4 is 16.5 Å². The average Bonchev–Trinajstić information content (AvgIpc) is 2.54. The monoisotopic (exact) mass is 293 g/mol. The van der Waals surface area contributed by atoms with Gasteiger partial charge in [-0.25, -0.2) is 0 Å². The number of hydrogen-bond donors (Lipinski definition) is 1. The van der Waals surface area contributed by atoms with E-state index in [9.17, 15) is 15.2 Å². The molecule has 0 heterocycles. The fourth-order valence-electron chi connectivity index (χ4n) is 2.74. The van der Waals surface area contributed by atoms with Crippen LogP contribution in [-0.2, 0) is 0 Å². The summed E-state index contributed by atoms with van der Waals surface area (Å²) >= 11 is 0. The molecular weight excluding hydrogens is 278 g/mol. The molecule has 3 aromatic carbocycles. The molecule has 3 aromatic rings. The number of aryl methyl sites for hydroxylation is 1. The molecule has 0 aliphatic heterocycles. The van der Waals surface area contributed by atoms with Crippen LogP contribution >= 0.6 is 0 Å². The van der Waals surface area contributed by atoms with Gasteiger partial charge in [-0.2, -0.15) is 0 Å². The molecule has 0 unspecified atom stereocenters. The first kappa shape index (κ1) is 14.2. The molecule has 1 atom stereocenters. The number of aliphatic hydroxyl groups is 1. The molecule has 3 rings (SSSR count). The van der Waals surface area contributed by atoms with E-state index in [4.69, 9.17) is 0 Å². The summed E-state index contributed by atoms with van der Waals surface area (Å²) in [5.41, 5.74) is 2.25. The number of nitro benzene ring substituents is 1. The van der Waals surface area contributed by atoms with Crippen LogP contribution in [-0.4, -0.2) is 10.0 Å². The van der Waals surface area contributed by atoms with Gasteiger partial charge in [0, 0.05) is 12.1 Å².